The van der Waals surface area contributed by atoms with Gasteiger partial charge in [-0.25, -0.2) is 8.78 Å². The Hall–Kier alpha value is -3.71. The molecule has 1 aromatic heterocycles. The highest BCUT2D eigenvalue weighted by Crippen LogP contribution is 2.32. The number of ether oxygens (including phenoxy) is 1. The number of aryl methyl sites for hydroxylation is 1. The highest BCUT2D eigenvalue weighted by atomic mass is 19.3. The van der Waals surface area contributed by atoms with Crippen LogP contribution in [0, 0.1) is 0 Å². The van der Waals surface area contributed by atoms with Crippen molar-refractivity contribution in [2.45, 2.75) is 44.1 Å². The maximum Gasteiger partial charge on any atom is 0.276 e. The minimum Gasteiger partial charge on any atom is -0.506 e. The smallest absolute Gasteiger partial charge is 0.276 e. The van der Waals surface area contributed by atoms with Gasteiger partial charge in [-0.05, 0) is 54.7 Å². The van der Waals surface area contributed by atoms with Gasteiger partial charge in [0.2, 0.25) is 5.56 Å². The molecular formula is C29H29F2NO4. The molecular weight excluding hydrogens is 464 g/mol. The highest BCUT2D eigenvalue weighted by Gasteiger charge is 2.31. The summed E-state index contributed by atoms with van der Waals surface area (Å²) in [4.78, 5) is 14.2. The van der Waals surface area contributed by atoms with Crippen molar-refractivity contribution in [2.75, 3.05) is 6.61 Å². The van der Waals surface area contributed by atoms with E-state index in [9.17, 15) is 23.8 Å². The van der Waals surface area contributed by atoms with Crippen LogP contribution < -0.4 is 10.3 Å². The normalized spacial score (nSPS) is 12.5. The first kappa shape index (κ1) is 25.4. The van der Waals surface area contributed by atoms with Gasteiger partial charge in [-0.1, -0.05) is 55.0 Å². The third-order valence-corrected chi connectivity index (χ3v) is 6.26. The molecule has 0 saturated heterocycles. The van der Waals surface area contributed by atoms with Crippen LogP contribution in [0.5, 0.6) is 11.5 Å². The van der Waals surface area contributed by atoms with Crippen molar-refractivity contribution in [3.63, 3.8) is 0 Å². The topological polar surface area (TPSA) is 82.6 Å². The van der Waals surface area contributed by atoms with E-state index in [2.05, 4.69) is 4.98 Å². The molecule has 0 aliphatic rings. The summed E-state index contributed by atoms with van der Waals surface area (Å²) in [5.41, 5.74) is 1.76. The molecule has 0 aliphatic carbocycles. The fourth-order valence-electron chi connectivity index (χ4n) is 4.25. The van der Waals surface area contributed by atoms with E-state index in [1.165, 1.54) is 24.3 Å². The monoisotopic (exact) mass is 493 g/mol. The lowest BCUT2D eigenvalue weighted by Gasteiger charge is -2.17. The number of rotatable bonds is 11. The van der Waals surface area contributed by atoms with Gasteiger partial charge in [0.15, 0.2) is 0 Å². The zero-order valence-corrected chi connectivity index (χ0v) is 19.8. The Kier molecular flexibility index (Phi) is 8.00. The maximum atomic E-state index is 14.2. The van der Waals surface area contributed by atoms with Gasteiger partial charge >= 0.3 is 0 Å². The summed E-state index contributed by atoms with van der Waals surface area (Å²) in [5.74, 6) is -2.42. The molecule has 0 aliphatic heterocycles. The number of hydrogen-bond acceptors (Lipinski definition) is 4. The van der Waals surface area contributed by atoms with Crippen molar-refractivity contribution in [1.29, 1.82) is 0 Å². The van der Waals surface area contributed by atoms with Gasteiger partial charge in [0.1, 0.15) is 11.5 Å². The Morgan fingerprint density at radius 1 is 0.917 bits per heavy atom. The molecule has 3 N–H and O–H groups in total. The number of H-pyrrole nitrogens is 1. The molecule has 7 heteroatoms. The number of aliphatic hydroxyl groups is 1. The maximum absolute atomic E-state index is 14.2. The van der Waals surface area contributed by atoms with Gasteiger partial charge in [-0.3, -0.25) is 4.79 Å². The number of aromatic nitrogens is 1. The number of phenolic OH excluding ortho intramolecular Hbond substituents is 1. The number of aliphatic hydroxyl groups excluding tert-OH is 1. The molecule has 0 saturated carbocycles. The second-order valence-corrected chi connectivity index (χ2v) is 8.86. The van der Waals surface area contributed by atoms with Crippen molar-refractivity contribution in [3.05, 3.63) is 106 Å². The number of aromatic hydroxyl groups is 1. The molecule has 0 bridgehead atoms. The average molecular weight is 494 g/mol. The molecule has 3 aromatic carbocycles. The van der Waals surface area contributed by atoms with Crippen molar-refractivity contribution in [3.8, 4) is 11.5 Å². The zero-order valence-electron chi connectivity index (χ0n) is 19.8. The number of halogens is 2. The molecule has 0 radical (unpaired) electrons. The van der Waals surface area contributed by atoms with E-state index in [1.54, 1.807) is 42.5 Å². The molecule has 0 unspecified atom stereocenters. The van der Waals surface area contributed by atoms with Crippen LogP contribution >= 0.6 is 0 Å². The Morgan fingerprint density at radius 2 is 1.67 bits per heavy atom. The number of unbranched alkanes of at least 4 members (excludes halogenated alkanes) is 1. The summed E-state index contributed by atoms with van der Waals surface area (Å²) in [6.07, 6.45) is 1.86. The van der Waals surface area contributed by atoms with E-state index in [0.717, 1.165) is 24.8 Å². The molecule has 1 atom stereocenters. The van der Waals surface area contributed by atoms with Gasteiger partial charge in [-0.15, -0.1) is 0 Å². The summed E-state index contributed by atoms with van der Waals surface area (Å²) in [5, 5.41) is 21.3. The number of alkyl halides is 2. The van der Waals surface area contributed by atoms with Crippen LogP contribution in [0.25, 0.3) is 10.9 Å². The quantitative estimate of drug-likeness (QED) is 0.216. The molecule has 0 amide bonds. The van der Waals surface area contributed by atoms with E-state index in [4.69, 9.17) is 4.74 Å². The van der Waals surface area contributed by atoms with Crippen LogP contribution in [0.1, 0.15) is 48.5 Å². The first-order valence-corrected chi connectivity index (χ1v) is 12.0. The second kappa shape index (κ2) is 11.4. The largest absolute Gasteiger partial charge is 0.506 e. The number of pyridine rings is 1. The van der Waals surface area contributed by atoms with Crippen molar-refractivity contribution >= 4 is 10.9 Å². The van der Waals surface area contributed by atoms with E-state index in [1.807, 2.05) is 12.1 Å². The number of benzene rings is 3. The lowest BCUT2D eigenvalue weighted by molar-refractivity contribution is -0.0242. The predicted octanol–water partition coefficient (Wildman–Crippen LogP) is 6.24. The number of hydrogen-bond donors (Lipinski definition) is 3. The lowest BCUT2D eigenvalue weighted by Crippen LogP contribution is -2.17. The molecule has 36 heavy (non-hydrogen) atoms. The average Bonchev–Trinajstić information content (AvgIpc) is 2.88. The number of nitrogens with one attached hydrogen (secondary N) is 1. The van der Waals surface area contributed by atoms with E-state index in [0.29, 0.717) is 28.6 Å². The van der Waals surface area contributed by atoms with E-state index < -0.39 is 18.4 Å². The molecule has 4 rings (SSSR count). The van der Waals surface area contributed by atoms with Crippen LogP contribution in [0.15, 0.2) is 83.7 Å². The van der Waals surface area contributed by atoms with Crippen molar-refractivity contribution in [2.24, 2.45) is 0 Å². The fourth-order valence-corrected chi connectivity index (χ4v) is 4.25. The minimum atomic E-state index is -2.94. The summed E-state index contributed by atoms with van der Waals surface area (Å²) in [6.45, 7) is -0.0844. The van der Waals surface area contributed by atoms with Crippen LogP contribution in [0.4, 0.5) is 8.78 Å². The van der Waals surface area contributed by atoms with Gasteiger partial charge in [0, 0.05) is 23.4 Å². The summed E-state index contributed by atoms with van der Waals surface area (Å²) >= 11 is 0. The van der Waals surface area contributed by atoms with Crippen LogP contribution in [-0.4, -0.2) is 21.8 Å². The Labute approximate surface area is 208 Å². The van der Waals surface area contributed by atoms with Crippen molar-refractivity contribution in [1.82, 2.24) is 4.98 Å². The number of phenols is 1. The summed E-state index contributed by atoms with van der Waals surface area (Å²) in [6, 6.07) is 21.3. The van der Waals surface area contributed by atoms with Gasteiger partial charge in [0.25, 0.3) is 5.92 Å². The Morgan fingerprint density at radius 3 is 2.42 bits per heavy atom. The first-order chi connectivity index (χ1) is 17.3. The predicted molar refractivity (Wildman–Crippen MR) is 136 cm³/mol. The molecule has 188 valence electrons. The first-order valence-electron chi connectivity index (χ1n) is 12.0. The Balaban J connectivity index is 1.22. The highest BCUT2D eigenvalue weighted by molar-refractivity contribution is 5.87. The van der Waals surface area contributed by atoms with E-state index in [-0.39, 0.29) is 23.5 Å². The van der Waals surface area contributed by atoms with Crippen molar-refractivity contribution < 1.29 is 23.7 Å². The molecule has 4 aromatic rings. The summed E-state index contributed by atoms with van der Waals surface area (Å²) in [7, 11) is 0. The van der Waals surface area contributed by atoms with Gasteiger partial charge < -0.3 is 19.9 Å². The number of fused-ring (bicyclic) bond motifs is 1. The zero-order chi connectivity index (χ0) is 25.5. The molecule has 5 nitrogen and oxygen atoms in total. The SMILES string of the molecule is O=c1ccc2c([C@@H](O)CCCCc3ccc(OCCC(F)(F)c4ccccc4)cc3)ccc(O)c2[nH]1. The van der Waals surface area contributed by atoms with Crippen LogP contribution in [0.3, 0.4) is 0 Å². The third kappa shape index (κ3) is 6.29. The number of aromatic amines is 1. The summed E-state index contributed by atoms with van der Waals surface area (Å²) < 4.78 is 34.0. The van der Waals surface area contributed by atoms with E-state index >= 15 is 0 Å². The molecule has 0 fully saturated rings. The molecule has 0 spiro atoms. The van der Waals surface area contributed by atoms with Crippen LogP contribution in [-0.2, 0) is 12.3 Å². The molecule has 1 heterocycles. The lowest BCUT2D eigenvalue weighted by atomic mass is 9.97. The second-order valence-electron chi connectivity index (χ2n) is 8.86. The van der Waals surface area contributed by atoms with Crippen LogP contribution in [0.2, 0.25) is 0 Å². The van der Waals surface area contributed by atoms with Gasteiger partial charge in [0.05, 0.1) is 18.2 Å². The standard InChI is InChI=1S/C29H29F2NO4/c30-29(31,21-7-2-1-3-8-21)18-19-36-22-12-10-20(11-13-22)6-4-5-9-25(33)23-14-16-26(34)28-24(23)15-17-27(35)32-28/h1-3,7-8,10-17,25,33-34H,4-6,9,18-19H2,(H,32,35)/t25-/m0/s1. The third-order valence-electron chi connectivity index (χ3n) is 6.26. The van der Waals surface area contributed by atoms with Gasteiger partial charge in [-0.2, -0.15) is 0 Å². The minimum absolute atomic E-state index is 0.0115. The Bertz CT molecular complexity index is 1340. The fraction of sp³-hybridized carbons (Fsp3) is 0.276.